The largest absolute Gasteiger partial charge is 0.394 e. The molecule has 106 valence electrons. The molecule has 2 aliphatic carbocycles. The molecule has 0 heterocycles. The molecule has 0 bridgehead atoms. The Labute approximate surface area is 111 Å². The van der Waals surface area contributed by atoms with Gasteiger partial charge < -0.3 is 15.2 Å². The molecule has 0 saturated heterocycles. The van der Waals surface area contributed by atoms with Gasteiger partial charge in [0.15, 0.2) is 0 Å². The molecule has 0 aromatic heterocycles. The van der Waals surface area contributed by atoms with Crippen LogP contribution in [-0.2, 0) is 4.74 Å². The van der Waals surface area contributed by atoms with Crippen molar-refractivity contribution in [3.05, 3.63) is 0 Å². The van der Waals surface area contributed by atoms with E-state index < -0.39 is 0 Å². The van der Waals surface area contributed by atoms with Gasteiger partial charge in [0.2, 0.25) is 0 Å². The maximum Gasteiger partial charge on any atom is 0.0627 e. The Morgan fingerprint density at radius 2 is 2.06 bits per heavy atom. The Hall–Kier alpha value is -0.120. The maximum atomic E-state index is 9.77. The van der Waals surface area contributed by atoms with Crippen LogP contribution in [0.4, 0.5) is 0 Å². The Morgan fingerprint density at radius 1 is 1.33 bits per heavy atom. The Balaban J connectivity index is 1.93. The highest BCUT2D eigenvalue weighted by Gasteiger charge is 2.41. The summed E-state index contributed by atoms with van der Waals surface area (Å²) in [5, 5.41) is 13.4. The quantitative estimate of drug-likeness (QED) is 0.766. The van der Waals surface area contributed by atoms with Gasteiger partial charge in [-0.3, -0.25) is 0 Å². The first-order chi connectivity index (χ1) is 8.49. The number of hydrogen-bond acceptors (Lipinski definition) is 3. The number of aliphatic hydroxyl groups excluding tert-OH is 1. The first-order valence-corrected chi connectivity index (χ1v) is 7.55. The Bertz CT molecular complexity index is 276. The summed E-state index contributed by atoms with van der Waals surface area (Å²) < 4.78 is 6.24. The van der Waals surface area contributed by atoms with Crippen molar-refractivity contribution in [3.63, 3.8) is 0 Å². The van der Waals surface area contributed by atoms with E-state index in [0.717, 1.165) is 32.1 Å². The Morgan fingerprint density at radius 3 is 2.61 bits per heavy atom. The summed E-state index contributed by atoms with van der Waals surface area (Å²) in [6.07, 6.45) is 8.22. The van der Waals surface area contributed by atoms with Crippen molar-refractivity contribution in [2.45, 2.75) is 89.0 Å². The molecule has 3 nitrogen and oxygen atoms in total. The summed E-state index contributed by atoms with van der Waals surface area (Å²) in [5.41, 5.74) is -0.114. The maximum absolute atomic E-state index is 9.77. The van der Waals surface area contributed by atoms with Crippen LogP contribution in [0, 0.1) is 0 Å². The highest BCUT2D eigenvalue weighted by Crippen LogP contribution is 2.35. The minimum absolute atomic E-state index is 0.0389. The van der Waals surface area contributed by atoms with E-state index in [1.165, 1.54) is 12.8 Å². The van der Waals surface area contributed by atoms with Crippen LogP contribution in [0.15, 0.2) is 0 Å². The van der Waals surface area contributed by atoms with E-state index in [2.05, 4.69) is 26.1 Å². The van der Waals surface area contributed by atoms with Crippen molar-refractivity contribution >= 4 is 0 Å². The molecular weight excluding hydrogens is 226 g/mol. The topological polar surface area (TPSA) is 41.5 Å². The average Bonchev–Trinajstić information content (AvgIpc) is 3.13. The third kappa shape index (κ3) is 3.69. The molecule has 2 atom stereocenters. The first kappa shape index (κ1) is 14.3. The van der Waals surface area contributed by atoms with Gasteiger partial charge in [-0.05, 0) is 58.8 Å². The van der Waals surface area contributed by atoms with E-state index >= 15 is 0 Å². The van der Waals surface area contributed by atoms with E-state index in [1.54, 1.807) is 0 Å². The molecule has 2 unspecified atom stereocenters. The van der Waals surface area contributed by atoms with Gasteiger partial charge in [0.1, 0.15) is 0 Å². The summed E-state index contributed by atoms with van der Waals surface area (Å²) in [7, 11) is 0. The normalized spacial score (nSPS) is 33.7. The average molecular weight is 255 g/mol. The van der Waals surface area contributed by atoms with Crippen LogP contribution < -0.4 is 5.32 Å². The summed E-state index contributed by atoms with van der Waals surface area (Å²) >= 11 is 0. The molecule has 2 N–H and O–H groups in total. The molecule has 0 radical (unpaired) electrons. The molecule has 2 rings (SSSR count). The molecular formula is C15H29NO2. The van der Waals surface area contributed by atoms with E-state index in [0.29, 0.717) is 12.1 Å². The van der Waals surface area contributed by atoms with E-state index in [4.69, 9.17) is 4.74 Å². The van der Waals surface area contributed by atoms with Crippen molar-refractivity contribution in [3.8, 4) is 0 Å². The fourth-order valence-electron chi connectivity index (χ4n) is 2.92. The zero-order valence-corrected chi connectivity index (χ0v) is 12.2. The van der Waals surface area contributed by atoms with Crippen molar-refractivity contribution < 1.29 is 9.84 Å². The van der Waals surface area contributed by atoms with Crippen LogP contribution in [0.25, 0.3) is 0 Å². The first-order valence-electron chi connectivity index (χ1n) is 7.55. The van der Waals surface area contributed by atoms with E-state index in [-0.39, 0.29) is 17.7 Å². The van der Waals surface area contributed by atoms with Crippen LogP contribution in [0.1, 0.15) is 65.7 Å². The van der Waals surface area contributed by atoms with Gasteiger partial charge >= 0.3 is 0 Å². The standard InChI is InChI=1S/C15H29NO2/c1-4-14(2,3)18-13-6-5-9-15(10-13,11-17)16-12-7-8-12/h12-13,16-17H,4-11H2,1-3H3. The summed E-state index contributed by atoms with van der Waals surface area (Å²) in [6.45, 7) is 6.74. The second kappa shape index (κ2) is 5.48. The molecule has 0 aromatic carbocycles. The molecule has 0 spiro atoms. The lowest BCUT2D eigenvalue weighted by Gasteiger charge is -2.43. The van der Waals surface area contributed by atoms with Gasteiger partial charge in [0.25, 0.3) is 0 Å². The van der Waals surface area contributed by atoms with Crippen LogP contribution in [0.3, 0.4) is 0 Å². The van der Waals surface area contributed by atoms with Gasteiger partial charge in [-0.1, -0.05) is 6.92 Å². The van der Waals surface area contributed by atoms with Crippen LogP contribution in [0.2, 0.25) is 0 Å². The van der Waals surface area contributed by atoms with Crippen LogP contribution >= 0.6 is 0 Å². The van der Waals surface area contributed by atoms with Crippen molar-refractivity contribution in [1.82, 2.24) is 5.32 Å². The molecule has 0 aromatic rings. The second-order valence-corrected chi connectivity index (χ2v) is 6.81. The highest BCUT2D eigenvalue weighted by molar-refractivity contribution is 4.99. The van der Waals surface area contributed by atoms with Gasteiger partial charge in [-0.2, -0.15) is 0 Å². The summed E-state index contributed by atoms with van der Waals surface area (Å²) in [4.78, 5) is 0. The second-order valence-electron chi connectivity index (χ2n) is 6.81. The number of aliphatic hydroxyl groups is 1. The van der Waals surface area contributed by atoms with E-state index in [1.807, 2.05) is 0 Å². The lowest BCUT2D eigenvalue weighted by molar-refractivity contribution is -0.104. The highest BCUT2D eigenvalue weighted by atomic mass is 16.5. The van der Waals surface area contributed by atoms with Gasteiger partial charge in [-0.25, -0.2) is 0 Å². The fourth-order valence-corrected chi connectivity index (χ4v) is 2.92. The summed E-state index contributed by atoms with van der Waals surface area (Å²) in [5.74, 6) is 0. The molecule has 2 aliphatic rings. The number of rotatable bonds is 6. The molecule has 2 saturated carbocycles. The predicted molar refractivity (Wildman–Crippen MR) is 73.7 cm³/mol. The molecule has 3 heteroatoms. The molecule has 0 amide bonds. The number of hydrogen-bond donors (Lipinski definition) is 2. The number of ether oxygens (including phenoxy) is 1. The molecule has 2 fully saturated rings. The van der Waals surface area contributed by atoms with Crippen molar-refractivity contribution in [2.24, 2.45) is 0 Å². The molecule has 18 heavy (non-hydrogen) atoms. The lowest BCUT2D eigenvalue weighted by atomic mass is 9.80. The predicted octanol–water partition coefficient (Wildman–Crippen LogP) is 2.62. The smallest absolute Gasteiger partial charge is 0.0627 e. The van der Waals surface area contributed by atoms with Crippen LogP contribution in [0.5, 0.6) is 0 Å². The van der Waals surface area contributed by atoms with Gasteiger partial charge in [-0.15, -0.1) is 0 Å². The fraction of sp³-hybridized carbons (Fsp3) is 1.00. The zero-order chi connectivity index (χ0) is 13.2. The SMILES string of the molecule is CCC(C)(C)OC1CCCC(CO)(NC2CC2)C1. The monoisotopic (exact) mass is 255 g/mol. The minimum atomic E-state index is -0.0755. The molecule has 0 aliphatic heterocycles. The van der Waals surface area contributed by atoms with Gasteiger partial charge in [0.05, 0.1) is 18.3 Å². The van der Waals surface area contributed by atoms with E-state index in [9.17, 15) is 5.11 Å². The zero-order valence-electron chi connectivity index (χ0n) is 12.2. The number of nitrogens with one attached hydrogen (secondary N) is 1. The van der Waals surface area contributed by atoms with Crippen molar-refractivity contribution in [2.75, 3.05) is 6.61 Å². The van der Waals surface area contributed by atoms with Gasteiger partial charge in [0, 0.05) is 11.6 Å². The minimum Gasteiger partial charge on any atom is -0.394 e. The lowest BCUT2D eigenvalue weighted by Crippen LogP contribution is -2.54. The summed E-state index contributed by atoms with van der Waals surface area (Å²) in [6, 6.07) is 0.648. The van der Waals surface area contributed by atoms with Crippen molar-refractivity contribution in [1.29, 1.82) is 0 Å². The third-order valence-corrected chi connectivity index (χ3v) is 4.53. The third-order valence-electron chi connectivity index (χ3n) is 4.53. The Kier molecular flexibility index (Phi) is 4.35. The van der Waals surface area contributed by atoms with Crippen LogP contribution in [-0.4, -0.2) is 35.0 Å².